The minimum atomic E-state index is 0.349. The largest absolute Gasteiger partial charge is 0.381 e. The summed E-state index contributed by atoms with van der Waals surface area (Å²) in [7, 11) is 1.95. The summed E-state index contributed by atoms with van der Waals surface area (Å²) in [5, 5.41) is 11.6. The predicted octanol–water partition coefficient (Wildman–Crippen LogP) is 1.28. The second-order valence-electron chi connectivity index (χ2n) is 4.75. The monoisotopic (exact) mass is 238 g/mol. The van der Waals surface area contributed by atoms with Gasteiger partial charge in [-0.1, -0.05) is 12.1 Å². The van der Waals surface area contributed by atoms with Crippen LogP contribution in [-0.2, 0) is 11.8 Å². The minimum absolute atomic E-state index is 0.349. The maximum absolute atomic E-state index is 5.44. The summed E-state index contributed by atoms with van der Waals surface area (Å²) in [4.78, 5) is 0. The van der Waals surface area contributed by atoms with Gasteiger partial charge in [0.05, 0.1) is 17.9 Å². The minimum Gasteiger partial charge on any atom is -0.381 e. The SMILES string of the molecule is CCCNC(CC1CCOC1)c1cnnn1C. The number of hydrogen-bond donors (Lipinski definition) is 1. The van der Waals surface area contributed by atoms with Crippen molar-refractivity contribution in [2.24, 2.45) is 13.0 Å². The van der Waals surface area contributed by atoms with E-state index in [2.05, 4.69) is 22.6 Å². The van der Waals surface area contributed by atoms with E-state index in [0.717, 1.165) is 32.6 Å². The normalized spacial score (nSPS) is 21.9. The highest BCUT2D eigenvalue weighted by Crippen LogP contribution is 2.25. The van der Waals surface area contributed by atoms with Gasteiger partial charge in [-0.3, -0.25) is 4.68 Å². The molecule has 1 fully saturated rings. The van der Waals surface area contributed by atoms with E-state index in [0.29, 0.717) is 12.0 Å². The van der Waals surface area contributed by atoms with Crippen LogP contribution in [0.3, 0.4) is 0 Å². The number of nitrogens with one attached hydrogen (secondary N) is 1. The average molecular weight is 238 g/mol. The first kappa shape index (κ1) is 12.5. The maximum Gasteiger partial charge on any atom is 0.0753 e. The Morgan fingerprint density at radius 2 is 2.53 bits per heavy atom. The van der Waals surface area contributed by atoms with Crippen molar-refractivity contribution in [1.29, 1.82) is 0 Å². The van der Waals surface area contributed by atoms with Crippen LogP contribution < -0.4 is 5.32 Å². The summed E-state index contributed by atoms with van der Waals surface area (Å²) in [6.45, 7) is 5.03. The van der Waals surface area contributed by atoms with Gasteiger partial charge in [0, 0.05) is 20.3 Å². The van der Waals surface area contributed by atoms with Crippen LogP contribution in [0.5, 0.6) is 0 Å². The molecule has 0 amide bonds. The Morgan fingerprint density at radius 3 is 3.12 bits per heavy atom. The number of hydrogen-bond acceptors (Lipinski definition) is 4. The van der Waals surface area contributed by atoms with Gasteiger partial charge in [-0.2, -0.15) is 0 Å². The summed E-state index contributed by atoms with van der Waals surface area (Å²) < 4.78 is 7.31. The molecule has 0 saturated carbocycles. The molecule has 96 valence electrons. The van der Waals surface area contributed by atoms with Gasteiger partial charge >= 0.3 is 0 Å². The van der Waals surface area contributed by atoms with Crippen molar-refractivity contribution in [3.8, 4) is 0 Å². The lowest BCUT2D eigenvalue weighted by molar-refractivity contribution is 0.181. The quantitative estimate of drug-likeness (QED) is 0.811. The molecule has 0 aromatic carbocycles. The Bertz CT molecular complexity index is 333. The standard InChI is InChI=1S/C12H22N4O/c1-3-5-13-11(7-10-4-6-17-9-10)12-8-14-15-16(12)2/h8,10-11,13H,3-7,9H2,1-2H3. The molecule has 17 heavy (non-hydrogen) atoms. The van der Waals surface area contributed by atoms with E-state index in [4.69, 9.17) is 4.74 Å². The van der Waals surface area contributed by atoms with Crippen LogP contribution >= 0.6 is 0 Å². The van der Waals surface area contributed by atoms with Gasteiger partial charge in [-0.15, -0.1) is 5.10 Å². The second-order valence-corrected chi connectivity index (χ2v) is 4.75. The fourth-order valence-electron chi connectivity index (χ4n) is 2.34. The van der Waals surface area contributed by atoms with Crippen molar-refractivity contribution in [2.45, 2.75) is 32.2 Å². The molecular formula is C12H22N4O. The lowest BCUT2D eigenvalue weighted by Crippen LogP contribution is -2.26. The van der Waals surface area contributed by atoms with Crippen LogP contribution in [0.1, 0.15) is 37.9 Å². The van der Waals surface area contributed by atoms with Gasteiger partial charge in [0.1, 0.15) is 0 Å². The van der Waals surface area contributed by atoms with Crippen LogP contribution in [-0.4, -0.2) is 34.8 Å². The zero-order chi connectivity index (χ0) is 12.1. The van der Waals surface area contributed by atoms with Gasteiger partial charge < -0.3 is 10.1 Å². The Kier molecular flexibility index (Phi) is 4.50. The van der Waals surface area contributed by atoms with Gasteiger partial charge in [0.15, 0.2) is 0 Å². The highest BCUT2D eigenvalue weighted by Gasteiger charge is 2.23. The van der Waals surface area contributed by atoms with Crippen molar-refractivity contribution in [3.05, 3.63) is 11.9 Å². The maximum atomic E-state index is 5.44. The molecule has 2 heterocycles. The molecule has 1 saturated heterocycles. The van der Waals surface area contributed by atoms with E-state index in [-0.39, 0.29) is 0 Å². The third-order valence-corrected chi connectivity index (χ3v) is 3.34. The molecule has 1 aromatic heterocycles. The third kappa shape index (κ3) is 3.26. The first-order chi connectivity index (χ1) is 8.31. The molecule has 0 bridgehead atoms. The van der Waals surface area contributed by atoms with Crippen LogP contribution in [0, 0.1) is 5.92 Å². The zero-order valence-electron chi connectivity index (χ0n) is 10.7. The molecule has 5 nitrogen and oxygen atoms in total. The molecule has 1 aliphatic heterocycles. The van der Waals surface area contributed by atoms with Gasteiger partial charge in [0.25, 0.3) is 0 Å². The average Bonchev–Trinajstić information content (AvgIpc) is 2.95. The Morgan fingerprint density at radius 1 is 1.65 bits per heavy atom. The molecule has 5 heteroatoms. The number of ether oxygens (including phenoxy) is 1. The first-order valence-corrected chi connectivity index (χ1v) is 6.47. The van der Waals surface area contributed by atoms with Crippen molar-refractivity contribution in [2.75, 3.05) is 19.8 Å². The van der Waals surface area contributed by atoms with Crippen molar-refractivity contribution in [3.63, 3.8) is 0 Å². The predicted molar refractivity (Wildman–Crippen MR) is 65.6 cm³/mol. The third-order valence-electron chi connectivity index (χ3n) is 3.34. The number of rotatable bonds is 6. The Labute approximate surface area is 103 Å². The molecule has 1 aliphatic rings. The smallest absolute Gasteiger partial charge is 0.0753 e. The fourth-order valence-corrected chi connectivity index (χ4v) is 2.34. The lowest BCUT2D eigenvalue weighted by atomic mass is 9.97. The summed E-state index contributed by atoms with van der Waals surface area (Å²) >= 11 is 0. The molecule has 1 N–H and O–H groups in total. The highest BCUT2D eigenvalue weighted by atomic mass is 16.5. The van der Waals surface area contributed by atoms with E-state index < -0.39 is 0 Å². The summed E-state index contributed by atoms with van der Waals surface area (Å²) in [6.07, 6.45) is 5.29. The van der Waals surface area contributed by atoms with Crippen molar-refractivity contribution >= 4 is 0 Å². The molecule has 2 rings (SSSR count). The number of aromatic nitrogens is 3. The van der Waals surface area contributed by atoms with E-state index >= 15 is 0 Å². The molecule has 1 aromatic rings. The zero-order valence-corrected chi connectivity index (χ0v) is 10.7. The molecule has 0 spiro atoms. The van der Waals surface area contributed by atoms with Crippen LogP contribution in [0.2, 0.25) is 0 Å². The van der Waals surface area contributed by atoms with Crippen molar-refractivity contribution < 1.29 is 4.74 Å². The van der Waals surface area contributed by atoms with Crippen LogP contribution in [0.25, 0.3) is 0 Å². The van der Waals surface area contributed by atoms with E-state index in [1.807, 2.05) is 17.9 Å². The highest BCUT2D eigenvalue weighted by molar-refractivity contribution is 5.02. The number of nitrogens with zero attached hydrogens (tertiary/aromatic N) is 3. The van der Waals surface area contributed by atoms with Crippen LogP contribution in [0.15, 0.2) is 6.20 Å². The molecular weight excluding hydrogens is 216 g/mol. The molecule has 2 unspecified atom stereocenters. The van der Waals surface area contributed by atoms with Gasteiger partial charge in [0.2, 0.25) is 0 Å². The van der Waals surface area contributed by atoms with E-state index in [1.165, 1.54) is 12.1 Å². The topological polar surface area (TPSA) is 52.0 Å². The Hall–Kier alpha value is -0.940. The molecule has 0 radical (unpaired) electrons. The van der Waals surface area contributed by atoms with E-state index in [1.54, 1.807) is 0 Å². The lowest BCUT2D eigenvalue weighted by Gasteiger charge is -2.20. The summed E-state index contributed by atoms with van der Waals surface area (Å²) in [5.41, 5.74) is 1.17. The van der Waals surface area contributed by atoms with Gasteiger partial charge in [-0.05, 0) is 31.7 Å². The summed E-state index contributed by atoms with van der Waals surface area (Å²) in [6, 6.07) is 0.349. The Balaban J connectivity index is 1.99. The first-order valence-electron chi connectivity index (χ1n) is 6.47. The van der Waals surface area contributed by atoms with Crippen LogP contribution in [0.4, 0.5) is 0 Å². The summed E-state index contributed by atoms with van der Waals surface area (Å²) in [5.74, 6) is 0.666. The number of aryl methyl sites for hydroxylation is 1. The second kappa shape index (κ2) is 6.12. The van der Waals surface area contributed by atoms with Gasteiger partial charge in [-0.25, -0.2) is 0 Å². The van der Waals surface area contributed by atoms with Crippen molar-refractivity contribution in [1.82, 2.24) is 20.3 Å². The molecule has 0 aliphatic carbocycles. The molecule has 2 atom stereocenters. The fraction of sp³-hybridized carbons (Fsp3) is 0.833. The van der Waals surface area contributed by atoms with E-state index in [9.17, 15) is 0 Å².